The van der Waals surface area contributed by atoms with Crippen molar-refractivity contribution >= 4 is 35.0 Å². The molecule has 1 aliphatic heterocycles. The number of para-hydroxylation sites is 1. The van der Waals surface area contributed by atoms with Gasteiger partial charge in [-0.05, 0) is 49.1 Å². The summed E-state index contributed by atoms with van der Waals surface area (Å²) in [6.45, 7) is 5.74. The molecule has 1 heterocycles. The monoisotopic (exact) mass is 437 g/mol. The summed E-state index contributed by atoms with van der Waals surface area (Å²) in [5.74, 6) is 0.201. The Bertz CT molecular complexity index is 932. The number of hydrogen-bond acceptors (Lipinski definition) is 3. The Morgan fingerprint density at radius 2 is 1.59 bits per heavy atom. The van der Waals surface area contributed by atoms with Crippen molar-refractivity contribution in [3.63, 3.8) is 0 Å². The van der Waals surface area contributed by atoms with E-state index in [1.807, 2.05) is 18.2 Å². The van der Waals surface area contributed by atoms with Crippen LogP contribution >= 0.6 is 0 Å². The number of carbonyl (C=O) groups is 3. The second-order valence-electron chi connectivity index (χ2n) is 8.38. The molecule has 170 valence electrons. The highest BCUT2D eigenvalue weighted by Gasteiger charge is 2.28. The lowest BCUT2D eigenvalue weighted by Crippen LogP contribution is -2.47. The summed E-state index contributed by atoms with van der Waals surface area (Å²) in [4.78, 5) is 39.0. The van der Waals surface area contributed by atoms with E-state index >= 15 is 0 Å². The topological polar surface area (TPSA) is 103 Å². The third-order valence-corrected chi connectivity index (χ3v) is 5.17. The Kier molecular flexibility index (Phi) is 8.08. The predicted octanol–water partition coefficient (Wildman–Crippen LogP) is 4.35. The van der Waals surface area contributed by atoms with Crippen molar-refractivity contribution in [1.29, 1.82) is 0 Å². The van der Waals surface area contributed by atoms with E-state index in [1.54, 1.807) is 41.3 Å². The van der Waals surface area contributed by atoms with Gasteiger partial charge in [0, 0.05) is 36.7 Å². The summed E-state index contributed by atoms with van der Waals surface area (Å²) >= 11 is 0. The van der Waals surface area contributed by atoms with Crippen LogP contribution < -0.4 is 21.3 Å². The smallest absolute Gasteiger partial charge is 0.323 e. The highest BCUT2D eigenvalue weighted by Crippen LogP contribution is 2.20. The van der Waals surface area contributed by atoms with E-state index in [-0.39, 0.29) is 23.9 Å². The molecule has 32 heavy (non-hydrogen) atoms. The summed E-state index contributed by atoms with van der Waals surface area (Å²) in [6.07, 6.45) is 1.57. The van der Waals surface area contributed by atoms with Gasteiger partial charge >= 0.3 is 12.1 Å². The molecular formula is C24H31N5O3. The number of benzene rings is 2. The maximum absolute atomic E-state index is 12.8. The lowest BCUT2D eigenvalue weighted by molar-refractivity contribution is -0.126. The van der Waals surface area contributed by atoms with Crippen LogP contribution in [0, 0.1) is 11.8 Å². The number of piperidine rings is 1. The van der Waals surface area contributed by atoms with E-state index in [4.69, 9.17) is 0 Å². The van der Waals surface area contributed by atoms with Crippen LogP contribution in [0.3, 0.4) is 0 Å². The predicted molar refractivity (Wildman–Crippen MR) is 127 cm³/mol. The molecule has 0 spiro atoms. The minimum absolute atomic E-state index is 0.00632. The molecule has 0 aromatic heterocycles. The molecule has 3 rings (SSSR count). The molecule has 1 unspecified atom stereocenters. The van der Waals surface area contributed by atoms with Crippen molar-refractivity contribution in [1.82, 2.24) is 10.2 Å². The number of amides is 5. The van der Waals surface area contributed by atoms with Gasteiger partial charge in [0.05, 0.1) is 5.92 Å². The third-order valence-electron chi connectivity index (χ3n) is 5.17. The van der Waals surface area contributed by atoms with Crippen molar-refractivity contribution in [2.24, 2.45) is 11.8 Å². The van der Waals surface area contributed by atoms with Gasteiger partial charge < -0.3 is 26.2 Å². The van der Waals surface area contributed by atoms with E-state index in [0.717, 1.165) is 12.8 Å². The first-order valence-electron chi connectivity index (χ1n) is 11.0. The van der Waals surface area contributed by atoms with Crippen LogP contribution in [0.4, 0.5) is 26.7 Å². The molecule has 0 radical (unpaired) electrons. The molecule has 8 heteroatoms. The van der Waals surface area contributed by atoms with Crippen molar-refractivity contribution < 1.29 is 14.4 Å². The van der Waals surface area contributed by atoms with E-state index in [1.165, 1.54) is 0 Å². The molecule has 0 saturated carbocycles. The zero-order valence-corrected chi connectivity index (χ0v) is 18.6. The number of urea groups is 2. The average molecular weight is 438 g/mol. The molecule has 8 nitrogen and oxygen atoms in total. The van der Waals surface area contributed by atoms with Crippen molar-refractivity contribution in [2.75, 3.05) is 35.6 Å². The third kappa shape index (κ3) is 7.01. The quantitative estimate of drug-likeness (QED) is 0.540. The van der Waals surface area contributed by atoms with Gasteiger partial charge in [0.2, 0.25) is 5.91 Å². The Balaban J connectivity index is 1.53. The van der Waals surface area contributed by atoms with Crippen LogP contribution in [-0.4, -0.2) is 42.5 Å². The second kappa shape index (κ2) is 11.2. The molecule has 1 saturated heterocycles. The number of nitrogens with zero attached hydrogens (tertiary/aromatic N) is 1. The van der Waals surface area contributed by atoms with Gasteiger partial charge in [-0.1, -0.05) is 38.1 Å². The van der Waals surface area contributed by atoms with Crippen molar-refractivity contribution in [3.05, 3.63) is 54.6 Å². The van der Waals surface area contributed by atoms with Gasteiger partial charge in [-0.25, -0.2) is 9.59 Å². The van der Waals surface area contributed by atoms with Gasteiger partial charge in [-0.3, -0.25) is 4.79 Å². The maximum atomic E-state index is 12.8. The number of likely N-dealkylation sites (tertiary alicyclic amines) is 1. The van der Waals surface area contributed by atoms with E-state index in [2.05, 4.69) is 35.1 Å². The first kappa shape index (κ1) is 23.1. The highest BCUT2D eigenvalue weighted by molar-refractivity contribution is 6.00. The van der Waals surface area contributed by atoms with Gasteiger partial charge in [0.25, 0.3) is 0 Å². The second-order valence-corrected chi connectivity index (χ2v) is 8.38. The molecule has 1 fully saturated rings. The Morgan fingerprint density at radius 3 is 2.31 bits per heavy atom. The SMILES string of the molecule is CC(C)CNC(=O)C1CCCN(C(=O)Nc2cccc(NC(=O)Nc3ccccc3)c2)C1. The number of hydrogen-bond donors (Lipinski definition) is 4. The van der Waals surface area contributed by atoms with Gasteiger partial charge in [-0.15, -0.1) is 0 Å². The van der Waals surface area contributed by atoms with Crippen molar-refractivity contribution in [2.45, 2.75) is 26.7 Å². The zero-order valence-electron chi connectivity index (χ0n) is 18.6. The van der Waals surface area contributed by atoms with Crippen LogP contribution in [0.2, 0.25) is 0 Å². The standard InChI is InChI=1S/C24H31N5O3/c1-17(2)15-25-22(30)18-8-7-13-29(16-18)24(32)28-21-12-6-11-20(14-21)27-23(31)26-19-9-4-3-5-10-19/h3-6,9-12,14,17-18H,7-8,13,15-16H2,1-2H3,(H,25,30)(H,28,32)(H2,26,27,31). The van der Waals surface area contributed by atoms with Crippen LogP contribution in [0.15, 0.2) is 54.6 Å². The lowest BCUT2D eigenvalue weighted by Gasteiger charge is -2.32. The normalized spacial score (nSPS) is 15.7. The Hall–Kier alpha value is -3.55. The summed E-state index contributed by atoms with van der Waals surface area (Å²) in [7, 11) is 0. The number of carbonyl (C=O) groups excluding carboxylic acids is 3. The summed E-state index contributed by atoms with van der Waals surface area (Å²) in [6, 6.07) is 15.5. The number of nitrogens with one attached hydrogen (secondary N) is 4. The minimum Gasteiger partial charge on any atom is -0.356 e. The van der Waals surface area contributed by atoms with E-state index < -0.39 is 0 Å². The van der Waals surface area contributed by atoms with Crippen LogP contribution in [0.5, 0.6) is 0 Å². The van der Waals surface area contributed by atoms with Gasteiger partial charge in [0.1, 0.15) is 0 Å². The molecular weight excluding hydrogens is 406 g/mol. The molecule has 2 aromatic rings. The molecule has 2 aromatic carbocycles. The Labute approximate surface area is 188 Å². The van der Waals surface area contributed by atoms with Gasteiger partial charge in [0.15, 0.2) is 0 Å². The van der Waals surface area contributed by atoms with Crippen LogP contribution in [0.1, 0.15) is 26.7 Å². The zero-order chi connectivity index (χ0) is 22.9. The molecule has 1 aliphatic rings. The molecule has 0 aliphatic carbocycles. The highest BCUT2D eigenvalue weighted by atomic mass is 16.2. The van der Waals surface area contributed by atoms with E-state index in [0.29, 0.717) is 42.6 Å². The minimum atomic E-state index is -0.369. The molecule has 1 atom stereocenters. The Morgan fingerprint density at radius 1 is 0.938 bits per heavy atom. The summed E-state index contributed by atoms with van der Waals surface area (Å²) in [5, 5.41) is 11.3. The molecule has 0 bridgehead atoms. The number of rotatable bonds is 6. The lowest BCUT2D eigenvalue weighted by atomic mass is 9.97. The summed E-state index contributed by atoms with van der Waals surface area (Å²) in [5.41, 5.74) is 1.81. The van der Waals surface area contributed by atoms with Gasteiger partial charge in [-0.2, -0.15) is 0 Å². The first-order chi connectivity index (χ1) is 15.4. The largest absolute Gasteiger partial charge is 0.356 e. The van der Waals surface area contributed by atoms with Crippen LogP contribution in [0.25, 0.3) is 0 Å². The summed E-state index contributed by atoms with van der Waals surface area (Å²) < 4.78 is 0. The van der Waals surface area contributed by atoms with Crippen molar-refractivity contribution in [3.8, 4) is 0 Å². The average Bonchev–Trinajstić information content (AvgIpc) is 2.78. The molecule has 5 amide bonds. The van der Waals surface area contributed by atoms with Crippen LogP contribution in [-0.2, 0) is 4.79 Å². The maximum Gasteiger partial charge on any atom is 0.323 e. The fraction of sp³-hybridized carbons (Fsp3) is 0.375. The number of anilines is 3. The molecule has 4 N–H and O–H groups in total. The fourth-order valence-corrected chi connectivity index (χ4v) is 3.52. The first-order valence-corrected chi connectivity index (χ1v) is 11.0. The fourth-order valence-electron chi connectivity index (χ4n) is 3.52. The van der Waals surface area contributed by atoms with E-state index in [9.17, 15) is 14.4 Å².